The van der Waals surface area contributed by atoms with Gasteiger partial charge in [-0.2, -0.15) is 5.06 Å². The molecule has 0 spiro atoms. The second-order valence-electron chi connectivity index (χ2n) is 7.11. The number of hydroxylamine groups is 2. The van der Waals surface area contributed by atoms with E-state index in [4.69, 9.17) is 9.94 Å². The van der Waals surface area contributed by atoms with E-state index >= 15 is 0 Å². The second-order valence-corrected chi connectivity index (χ2v) is 7.71. The minimum atomic E-state index is -3.00. The van der Waals surface area contributed by atoms with Crippen molar-refractivity contribution >= 4 is 23.2 Å². The molecule has 0 aliphatic carbocycles. The predicted octanol–water partition coefficient (Wildman–Crippen LogP) is 0.340. The van der Waals surface area contributed by atoms with Crippen molar-refractivity contribution in [3.8, 4) is 0 Å². The maximum atomic E-state index is 12.1. The standard InChI is InChI=1S/C14H26N2O7S/c1-13(2)7-9(8-14(3,4)16(13)22-5)15-11(17)6-10(12(18)19)23-24(20)21/h9-10H,6-8H2,1-5H3,(H,15,17)(H,18,19)(H,20,21)/p-1. The van der Waals surface area contributed by atoms with Crippen LogP contribution < -0.4 is 5.32 Å². The maximum Gasteiger partial charge on any atom is 0.334 e. The Balaban J connectivity index is 2.73. The third-order valence-corrected chi connectivity index (χ3v) is 4.37. The van der Waals surface area contributed by atoms with E-state index in [1.165, 1.54) is 0 Å². The van der Waals surface area contributed by atoms with Crippen LogP contribution in [0.1, 0.15) is 47.0 Å². The van der Waals surface area contributed by atoms with Gasteiger partial charge in [0.2, 0.25) is 5.91 Å². The molecule has 1 amide bonds. The molecule has 0 aromatic rings. The van der Waals surface area contributed by atoms with E-state index in [2.05, 4.69) is 9.50 Å². The SMILES string of the molecule is CON1C(C)(C)CC(NC(=O)CC(OS(=O)[O-])C(=O)O)CC1(C)C. The summed E-state index contributed by atoms with van der Waals surface area (Å²) in [4.78, 5) is 28.5. The second kappa shape index (κ2) is 7.87. The predicted molar refractivity (Wildman–Crippen MR) is 84.2 cm³/mol. The molecule has 0 bridgehead atoms. The number of carboxylic acids is 1. The molecule has 1 saturated heterocycles. The van der Waals surface area contributed by atoms with Crippen LogP contribution in [0.5, 0.6) is 0 Å². The molecular weight excluding hydrogens is 340 g/mol. The fourth-order valence-corrected chi connectivity index (χ4v) is 3.91. The van der Waals surface area contributed by atoms with Crippen LogP contribution >= 0.6 is 0 Å². The van der Waals surface area contributed by atoms with E-state index < -0.39 is 35.8 Å². The average Bonchev–Trinajstić information content (AvgIpc) is 2.34. The topological polar surface area (TPSA) is 128 Å². The highest BCUT2D eigenvalue weighted by molar-refractivity contribution is 7.74. The number of carbonyl (C=O) groups is 2. The van der Waals surface area contributed by atoms with Gasteiger partial charge < -0.3 is 19.8 Å². The first-order valence-corrected chi connectivity index (χ1v) is 8.52. The van der Waals surface area contributed by atoms with E-state index in [-0.39, 0.29) is 17.1 Å². The van der Waals surface area contributed by atoms with Crippen LogP contribution in [0.25, 0.3) is 0 Å². The van der Waals surface area contributed by atoms with Crippen molar-refractivity contribution in [2.24, 2.45) is 0 Å². The molecule has 1 aliphatic heterocycles. The van der Waals surface area contributed by atoms with Gasteiger partial charge in [-0.3, -0.25) is 8.98 Å². The zero-order valence-corrected chi connectivity index (χ0v) is 15.3. The summed E-state index contributed by atoms with van der Waals surface area (Å²) in [5.74, 6) is -2.08. The summed E-state index contributed by atoms with van der Waals surface area (Å²) in [5.41, 5.74) is -0.679. The highest BCUT2D eigenvalue weighted by atomic mass is 32.2. The monoisotopic (exact) mass is 365 g/mol. The molecule has 2 unspecified atom stereocenters. The number of carbonyl (C=O) groups excluding carboxylic acids is 1. The molecule has 10 heteroatoms. The fourth-order valence-electron chi connectivity index (χ4n) is 3.57. The van der Waals surface area contributed by atoms with Gasteiger partial charge in [-0.15, -0.1) is 0 Å². The zero-order valence-electron chi connectivity index (χ0n) is 14.5. The van der Waals surface area contributed by atoms with Crippen molar-refractivity contribution in [3.05, 3.63) is 0 Å². The van der Waals surface area contributed by atoms with Gasteiger partial charge in [0, 0.05) is 17.1 Å². The van der Waals surface area contributed by atoms with Crippen molar-refractivity contribution in [1.29, 1.82) is 0 Å². The van der Waals surface area contributed by atoms with Crippen LogP contribution in [0.4, 0.5) is 0 Å². The Hall–Kier alpha value is -1.07. The van der Waals surface area contributed by atoms with Gasteiger partial charge in [0.05, 0.1) is 24.9 Å². The summed E-state index contributed by atoms with van der Waals surface area (Å²) >= 11 is -3.00. The number of amides is 1. The molecule has 140 valence electrons. The third kappa shape index (κ3) is 5.49. The van der Waals surface area contributed by atoms with Crippen molar-refractivity contribution < 1.29 is 32.5 Å². The molecule has 1 aliphatic rings. The van der Waals surface area contributed by atoms with Crippen molar-refractivity contribution in [2.75, 3.05) is 7.11 Å². The number of nitrogens with one attached hydrogen (secondary N) is 1. The molecule has 1 fully saturated rings. The van der Waals surface area contributed by atoms with E-state index in [1.807, 2.05) is 32.8 Å². The number of aliphatic carboxylic acids is 1. The first-order valence-electron chi connectivity index (χ1n) is 7.52. The molecule has 0 aromatic heterocycles. The van der Waals surface area contributed by atoms with Gasteiger partial charge in [0.15, 0.2) is 6.10 Å². The van der Waals surface area contributed by atoms with Gasteiger partial charge >= 0.3 is 5.97 Å². The normalized spacial score (nSPS) is 23.4. The first kappa shape index (κ1) is 21.0. The quantitative estimate of drug-likeness (QED) is 0.618. The molecule has 0 radical (unpaired) electrons. The number of piperidine rings is 1. The Morgan fingerprint density at radius 2 is 1.83 bits per heavy atom. The summed E-state index contributed by atoms with van der Waals surface area (Å²) in [5, 5.41) is 13.6. The molecule has 9 nitrogen and oxygen atoms in total. The number of hydrogen-bond donors (Lipinski definition) is 2. The Bertz CT molecular complexity index is 491. The van der Waals surface area contributed by atoms with Crippen molar-refractivity contribution in [2.45, 2.75) is 70.2 Å². The molecule has 0 aromatic carbocycles. The number of carboxylic acid groups (broad SMARTS) is 1. The van der Waals surface area contributed by atoms with E-state index in [0.29, 0.717) is 12.8 Å². The Kier molecular flexibility index (Phi) is 6.88. The van der Waals surface area contributed by atoms with E-state index in [9.17, 15) is 18.4 Å². The summed E-state index contributed by atoms with van der Waals surface area (Å²) in [6, 6.07) is -0.193. The lowest BCUT2D eigenvalue weighted by Gasteiger charge is -2.53. The maximum absolute atomic E-state index is 12.1. The van der Waals surface area contributed by atoms with Crippen LogP contribution in [-0.2, 0) is 30.0 Å². The minimum Gasteiger partial charge on any atom is -0.750 e. The van der Waals surface area contributed by atoms with Crippen LogP contribution in [0.2, 0.25) is 0 Å². The van der Waals surface area contributed by atoms with E-state index in [0.717, 1.165) is 0 Å². The molecule has 1 heterocycles. The third-order valence-electron chi connectivity index (χ3n) is 3.98. The first-order chi connectivity index (χ1) is 10.9. The van der Waals surface area contributed by atoms with Gasteiger partial charge in [0.25, 0.3) is 0 Å². The zero-order chi connectivity index (χ0) is 18.7. The van der Waals surface area contributed by atoms with E-state index in [1.54, 1.807) is 7.11 Å². The minimum absolute atomic E-state index is 0.193. The smallest absolute Gasteiger partial charge is 0.334 e. The van der Waals surface area contributed by atoms with Gasteiger partial charge in [0.1, 0.15) is 0 Å². The molecule has 1 rings (SSSR count). The summed E-state index contributed by atoms with van der Waals surface area (Å²) in [7, 11) is 1.60. The van der Waals surface area contributed by atoms with Gasteiger partial charge in [-0.25, -0.2) is 9.00 Å². The van der Waals surface area contributed by atoms with Crippen molar-refractivity contribution in [3.63, 3.8) is 0 Å². The highest BCUT2D eigenvalue weighted by Crippen LogP contribution is 2.38. The van der Waals surface area contributed by atoms with Crippen LogP contribution in [0.3, 0.4) is 0 Å². The lowest BCUT2D eigenvalue weighted by molar-refractivity contribution is -0.267. The number of nitrogens with zero attached hydrogens (tertiary/aromatic N) is 1. The lowest BCUT2D eigenvalue weighted by Crippen LogP contribution is -2.63. The molecule has 2 atom stereocenters. The highest BCUT2D eigenvalue weighted by Gasteiger charge is 2.46. The number of rotatable bonds is 7. The summed E-state index contributed by atoms with van der Waals surface area (Å²) < 4.78 is 25.2. The summed E-state index contributed by atoms with van der Waals surface area (Å²) in [6.45, 7) is 7.95. The Morgan fingerprint density at radius 1 is 1.33 bits per heavy atom. The summed E-state index contributed by atoms with van der Waals surface area (Å²) in [6.07, 6.45) is -1.11. The Labute approximate surface area is 144 Å². The lowest BCUT2D eigenvalue weighted by atomic mass is 9.79. The largest absolute Gasteiger partial charge is 0.750 e. The van der Waals surface area contributed by atoms with Crippen molar-refractivity contribution in [1.82, 2.24) is 10.4 Å². The van der Waals surface area contributed by atoms with Crippen LogP contribution in [-0.4, -0.2) is 61.1 Å². The molecule has 2 N–H and O–H groups in total. The van der Waals surface area contributed by atoms with Gasteiger partial charge in [-0.05, 0) is 40.5 Å². The van der Waals surface area contributed by atoms with Gasteiger partial charge in [-0.1, -0.05) is 0 Å². The fraction of sp³-hybridized carbons (Fsp3) is 0.857. The Morgan fingerprint density at radius 3 is 2.21 bits per heavy atom. The molecule has 24 heavy (non-hydrogen) atoms. The van der Waals surface area contributed by atoms with Crippen LogP contribution in [0, 0.1) is 0 Å². The molecular formula is C14H25N2O7S-. The van der Waals surface area contributed by atoms with Crippen LogP contribution in [0.15, 0.2) is 0 Å². The average molecular weight is 365 g/mol. The molecule has 0 saturated carbocycles. The number of hydrogen-bond acceptors (Lipinski definition) is 7.